The van der Waals surface area contributed by atoms with E-state index in [2.05, 4.69) is 170 Å². The van der Waals surface area contributed by atoms with Crippen molar-refractivity contribution in [1.82, 2.24) is 0 Å². The quantitative estimate of drug-likeness (QED) is 0.173. The van der Waals surface area contributed by atoms with E-state index < -0.39 is 0 Å². The van der Waals surface area contributed by atoms with E-state index in [1.807, 2.05) is 18.2 Å². The molecule has 4 heteroatoms. The van der Waals surface area contributed by atoms with Crippen LogP contribution in [0.2, 0.25) is 0 Å². The Hall–Kier alpha value is -6.70. The van der Waals surface area contributed by atoms with E-state index in [0.717, 1.165) is 51.0 Å². The summed E-state index contributed by atoms with van der Waals surface area (Å²) in [6, 6.07) is 62.3. The molecule has 0 saturated heterocycles. The van der Waals surface area contributed by atoms with Gasteiger partial charge in [-0.3, -0.25) is 0 Å². The van der Waals surface area contributed by atoms with Crippen molar-refractivity contribution in [2.75, 3.05) is 4.90 Å². The van der Waals surface area contributed by atoms with E-state index in [0.29, 0.717) is 0 Å². The lowest BCUT2D eigenvalue weighted by atomic mass is 9.34. The Morgan fingerprint density at radius 3 is 2.09 bits per heavy atom. The first-order valence-corrected chi connectivity index (χ1v) is 18.2. The summed E-state index contributed by atoms with van der Waals surface area (Å²) < 4.78 is 13.4. The molecule has 0 unspecified atom stereocenters. The molecule has 2 heterocycles. The van der Waals surface area contributed by atoms with Gasteiger partial charge in [-0.1, -0.05) is 123 Å². The normalized spacial score (nSPS) is 13.7. The van der Waals surface area contributed by atoms with Gasteiger partial charge in [0.25, 0.3) is 6.71 Å². The number of anilines is 3. The molecular weight excluding hydrogens is 645 g/mol. The Bertz CT molecular complexity index is 2720. The van der Waals surface area contributed by atoms with Crippen LogP contribution >= 0.6 is 0 Å². The number of para-hydroxylation sites is 1. The van der Waals surface area contributed by atoms with E-state index in [9.17, 15) is 0 Å². The minimum atomic E-state index is -0.289. The Balaban J connectivity index is 1.13. The SMILES string of the molecule is CC1(C)c2cc3c(cc2-c2ccc(N(c4cc#ccc4)c4ccccc4)c4cccc1c24)Oc1cccc2c1B3c1cc(-c3ccccc3)ccc1O2. The van der Waals surface area contributed by atoms with Crippen LogP contribution in [0, 0.1) is 12.1 Å². The highest BCUT2D eigenvalue weighted by molar-refractivity contribution is 6.98. The lowest BCUT2D eigenvalue weighted by molar-refractivity contribution is 0.464. The van der Waals surface area contributed by atoms with Crippen LogP contribution in [-0.2, 0) is 5.41 Å². The highest BCUT2D eigenvalue weighted by Crippen LogP contribution is 2.52. The third-order valence-corrected chi connectivity index (χ3v) is 11.5. The first-order valence-electron chi connectivity index (χ1n) is 18.2. The molecule has 0 saturated carbocycles. The minimum Gasteiger partial charge on any atom is -0.458 e. The Morgan fingerprint density at radius 2 is 1.30 bits per heavy atom. The van der Waals surface area contributed by atoms with Crippen molar-refractivity contribution in [1.29, 1.82) is 0 Å². The van der Waals surface area contributed by atoms with E-state index in [4.69, 9.17) is 9.47 Å². The summed E-state index contributed by atoms with van der Waals surface area (Å²) in [7, 11) is 0. The van der Waals surface area contributed by atoms with Crippen LogP contribution in [-0.4, -0.2) is 6.71 Å². The van der Waals surface area contributed by atoms with Crippen LogP contribution in [0.5, 0.6) is 23.0 Å². The van der Waals surface area contributed by atoms with Crippen molar-refractivity contribution in [3.05, 3.63) is 181 Å². The van der Waals surface area contributed by atoms with Gasteiger partial charge < -0.3 is 14.4 Å². The third-order valence-electron chi connectivity index (χ3n) is 11.5. The number of rotatable bonds is 4. The largest absolute Gasteiger partial charge is 0.458 e. The van der Waals surface area contributed by atoms with Gasteiger partial charge in [-0.15, -0.1) is 0 Å². The zero-order chi connectivity index (χ0) is 35.3. The fraction of sp³-hybridized carbons (Fsp3) is 0.0612. The van der Waals surface area contributed by atoms with Crippen LogP contribution < -0.4 is 30.8 Å². The molecule has 0 N–H and O–H groups in total. The fourth-order valence-corrected chi connectivity index (χ4v) is 8.99. The average molecular weight is 678 g/mol. The highest BCUT2D eigenvalue weighted by atomic mass is 16.5. The fourth-order valence-electron chi connectivity index (χ4n) is 8.99. The molecule has 0 spiro atoms. The Morgan fingerprint density at radius 1 is 0.547 bits per heavy atom. The maximum atomic E-state index is 6.86. The second-order valence-electron chi connectivity index (χ2n) is 14.7. The molecule has 3 nitrogen and oxygen atoms in total. The van der Waals surface area contributed by atoms with Gasteiger partial charge in [0.15, 0.2) is 0 Å². The zero-order valence-electron chi connectivity index (χ0n) is 29.4. The smallest absolute Gasteiger partial charge is 0.260 e. The number of hydrogen-bond donors (Lipinski definition) is 0. The molecule has 0 aromatic heterocycles. The molecule has 3 aliphatic rings. The summed E-state index contributed by atoms with van der Waals surface area (Å²) in [6.45, 7) is 4.71. The lowest BCUT2D eigenvalue weighted by Gasteiger charge is -2.39. The predicted molar refractivity (Wildman–Crippen MR) is 217 cm³/mol. The molecule has 1 aliphatic carbocycles. The summed E-state index contributed by atoms with van der Waals surface area (Å²) in [6.07, 6.45) is 0. The van der Waals surface area contributed by atoms with Crippen LogP contribution in [0.15, 0.2) is 158 Å². The standard InChI is InChI=1S/C49H32BNO2/c1-49(2)38-21-12-20-36-42(51(33-16-8-4-9-17-33)34-18-10-5-11-19-34)26-25-35(47(36)38)37-29-46-41(30-39(37)49)50-40-28-32(31-14-6-3-7-15-31)24-27-43(40)52-44-22-13-23-45(53-46)48(44)50/h3-4,6-10,12-30H,1-2H3. The summed E-state index contributed by atoms with van der Waals surface area (Å²) in [4.78, 5) is 2.33. The Kier molecular flexibility index (Phi) is 6.31. The molecule has 2 aliphatic heterocycles. The topological polar surface area (TPSA) is 21.7 Å². The molecule has 0 amide bonds. The lowest BCUT2D eigenvalue weighted by Crippen LogP contribution is -2.57. The first-order chi connectivity index (χ1) is 26.0. The summed E-state index contributed by atoms with van der Waals surface area (Å²) in [5.41, 5.74) is 13.8. The number of hydrogen-bond acceptors (Lipinski definition) is 3. The van der Waals surface area contributed by atoms with Crippen LogP contribution in [0.4, 0.5) is 17.1 Å². The van der Waals surface area contributed by atoms with E-state index in [1.165, 1.54) is 49.6 Å². The predicted octanol–water partition coefficient (Wildman–Crippen LogP) is 10.6. The van der Waals surface area contributed by atoms with E-state index in [1.54, 1.807) is 0 Å². The van der Waals surface area contributed by atoms with Crippen molar-refractivity contribution in [3.63, 3.8) is 0 Å². The summed E-state index contributed by atoms with van der Waals surface area (Å²) in [5, 5.41) is 2.48. The molecule has 0 radical (unpaired) electrons. The first kappa shape index (κ1) is 30.0. The molecule has 8 aromatic rings. The van der Waals surface area contributed by atoms with Gasteiger partial charge in [0, 0.05) is 28.0 Å². The second-order valence-corrected chi connectivity index (χ2v) is 14.7. The van der Waals surface area contributed by atoms with Gasteiger partial charge in [0.05, 0.1) is 11.4 Å². The molecule has 8 aromatic carbocycles. The van der Waals surface area contributed by atoms with Crippen molar-refractivity contribution in [2.24, 2.45) is 0 Å². The summed E-state index contributed by atoms with van der Waals surface area (Å²) in [5.74, 6) is 3.49. The Labute approximate surface area is 309 Å². The van der Waals surface area contributed by atoms with Crippen molar-refractivity contribution >= 4 is 50.9 Å². The van der Waals surface area contributed by atoms with Gasteiger partial charge in [0.1, 0.15) is 23.0 Å². The molecule has 0 atom stereocenters. The van der Waals surface area contributed by atoms with Crippen molar-refractivity contribution in [3.8, 4) is 45.3 Å². The van der Waals surface area contributed by atoms with E-state index >= 15 is 0 Å². The number of ether oxygens (including phenoxy) is 2. The van der Waals surface area contributed by atoms with Crippen LogP contribution in [0.1, 0.15) is 25.0 Å². The molecule has 248 valence electrons. The van der Waals surface area contributed by atoms with Gasteiger partial charge in [0.2, 0.25) is 0 Å². The van der Waals surface area contributed by atoms with Gasteiger partial charge in [-0.05, 0) is 104 Å². The van der Waals surface area contributed by atoms with Crippen molar-refractivity contribution < 1.29 is 9.47 Å². The van der Waals surface area contributed by atoms with Crippen LogP contribution in [0.25, 0.3) is 33.0 Å². The maximum Gasteiger partial charge on any atom is 0.260 e. The van der Waals surface area contributed by atoms with E-state index in [-0.39, 0.29) is 12.1 Å². The molecule has 53 heavy (non-hydrogen) atoms. The molecule has 0 fully saturated rings. The monoisotopic (exact) mass is 677 g/mol. The average Bonchev–Trinajstić information content (AvgIpc) is 3.21. The van der Waals surface area contributed by atoms with Gasteiger partial charge >= 0.3 is 0 Å². The number of fused-ring (bicyclic) bond motifs is 6. The van der Waals surface area contributed by atoms with Crippen molar-refractivity contribution in [2.45, 2.75) is 19.3 Å². The summed E-state index contributed by atoms with van der Waals surface area (Å²) >= 11 is 0. The van der Waals surface area contributed by atoms with Crippen LogP contribution in [0.3, 0.4) is 0 Å². The van der Waals surface area contributed by atoms with Gasteiger partial charge in [-0.25, -0.2) is 0 Å². The third kappa shape index (κ3) is 4.38. The maximum absolute atomic E-state index is 6.86. The molecular formula is C49H32BNO2. The molecule has 0 bridgehead atoms. The number of benzene rings is 7. The van der Waals surface area contributed by atoms with Gasteiger partial charge in [-0.2, -0.15) is 0 Å². The number of nitrogens with zero attached hydrogens (tertiary/aromatic N) is 1. The second kappa shape index (κ2) is 11.2. The minimum absolute atomic E-state index is 0.0302. The zero-order valence-corrected chi connectivity index (χ0v) is 29.4. The highest BCUT2D eigenvalue weighted by Gasteiger charge is 2.43. The molecule has 11 rings (SSSR count).